The van der Waals surface area contributed by atoms with Crippen LogP contribution in [0.25, 0.3) is 0 Å². The summed E-state index contributed by atoms with van der Waals surface area (Å²) >= 11 is 0. The number of hydrogen-bond acceptors (Lipinski definition) is 4. The van der Waals surface area contributed by atoms with Crippen molar-refractivity contribution < 1.29 is 8.42 Å². The SMILES string of the molecule is Cc1cc(C)nc(CN(C)CCS(C)(=O)=O)c1. The number of aryl methyl sites for hydroxylation is 2. The fourth-order valence-corrected chi connectivity index (χ4v) is 2.33. The van der Waals surface area contributed by atoms with Crippen LogP contribution in [-0.2, 0) is 16.4 Å². The summed E-state index contributed by atoms with van der Waals surface area (Å²) in [6, 6.07) is 4.06. The van der Waals surface area contributed by atoms with Crippen molar-refractivity contribution in [3.05, 3.63) is 29.1 Å². The summed E-state index contributed by atoms with van der Waals surface area (Å²) in [5.41, 5.74) is 3.17. The molecule has 1 aromatic rings. The van der Waals surface area contributed by atoms with E-state index in [9.17, 15) is 8.42 Å². The molecule has 0 saturated carbocycles. The Morgan fingerprint density at radius 2 is 1.94 bits per heavy atom. The quantitative estimate of drug-likeness (QED) is 0.793. The van der Waals surface area contributed by atoms with Crippen molar-refractivity contribution in [1.29, 1.82) is 0 Å². The average molecular weight is 256 g/mol. The third kappa shape index (κ3) is 5.79. The van der Waals surface area contributed by atoms with E-state index in [2.05, 4.69) is 4.98 Å². The molecule has 4 nitrogen and oxygen atoms in total. The Morgan fingerprint density at radius 1 is 1.29 bits per heavy atom. The first-order valence-electron chi connectivity index (χ1n) is 5.57. The number of nitrogens with zero attached hydrogens (tertiary/aromatic N) is 2. The van der Waals surface area contributed by atoms with Crippen molar-refractivity contribution in [2.24, 2.45) is 0 Å². The van der Waals surface area contributed by atoms with Crippen molar-refractivity contribution in [1.82, 2.24) is 9.88 Å². The van der Waals surface area contributed by atoms with Crippen LogP contribution in [0.2, 0.25) is 0 Å². The molecule has 0 bridgehead atoms. The zero-order valence-electron chi connectivity index (χ0n) is 10.9. The van der Waals surface area contributed by atoms with E-state index in [1.807, 2.05) is 37.9 Å². The van der Waals surface area contributed by atoms with Gasteiger partial charge in [-0.3, -0.25) is 9.88 Å². The largest absolute Gasteiger partial charge is 0.300 e. The van der Waals surface area contributed by atoms with Crippen molar-refractivity contribution in [2.45, 2.75) is 20.4 Å². The minimum Gasteiger partial charge on any atom is -0.300 e. The molecule has 0 N–H and O–H groups in total. The van der Waals surface area contributed by atoms with Gasteiger partial charge in [-0.15, -0.1) is 0 Å². The molecule has 0 aliphatic rings. The predicted molar refractivity (Wildman–Crippen MR) is 69.8 cm³/mol. The normalized spacial score (nSPS) is 12.1. The highest BCUT2D eigenvalue weighted by Gasteiger charge is 2.07. The molecule has 0 aromatic carbocycles. The number of pyridine rings is 1. The highest BCUT2D eigenvalue weighted by atomic mass is 32.2. The highest BCUT2D eigenvalue weighted by Crippen LogP contribution is 2.06. The first kappa shape index (κ1) is 14.1. The number of hydrogen-bond donors (Lipinski definition) is 0. The average Bonchev–Trinajstić information content (AvgIpc) is 2.11. The molecule has 5 heteroatoms. The van der Waals surface area contributed by atoms with Crippen LogP contribution < -0.4 is 0 Å². The zero-order chi connectivity index (χ0) is 13.1. The standard InChI is InChI=1S/C12H20N2O2S/c1-10-7-11(2)13-12(8-10)9-14(3)5-6-17(4,15)16/h7-8H,5-6,9H2,1-4H3. The van der Waals surface area contributed by atoms with Crippen LogP contribution in [0.1, 0.15) is 17.0 Å². The lowest BCUT2D eigenvalue weighted by Gasteiger charge is -2.16. The fourth-order valence-electron chi connectivity index (χ4n) is 1.68. The van der Waals surface area contributed by atoms with Gasteiger partial charge in [0.1, 0.15) is 9.84 Å². The maximum Gasteiger partial charge on any atom is 0.148 e. The van der Waals surface area contributed by atoms with Crippen LogP contribution in [0.4, 0.5) is 0 Å². The first-order chi connectivity index (χ1) is 7.76. The monoisotopic (exact) mass is 256 g/mol. The maximum atomic E-state index is 11.1. The van der Waals surface area contributed by atoms with Crippen molar-refractivity contribution >= 4 is 9.84 Å². The van der Waals surface area contributed by atoms with Gasteiger partial charge in [-0.05, 0) is 38.6 Å². The van der Waals surface area contributed by atoms with Crippen molar-refractivity contribution in [3.8, 4) is 0 Å². The second-order valence-corrected chi connectivity index (χ2v) is 6.90. The molecular weight excluding hydrogens is 236 g/mol. The fraction of sp³-hybridized carbons (Fsp3) is 0.583. The van der Waals surface area contributed by atoms with Gasteiger partial charge in [0.25, 0.3) is 0 Å². The Labute approximate surface area is 104 Å². The molecule has 1 aromatic heterocycles. The molecule has 96 valence electrons. The van der Waals surface area contributed by atoms with Crippen LogP contribution in [0, 0.1) is 13.8 Å². The van der Waals surface area contributed by atoms with Crippen molar-refractivity contribution in [3.63, 3.8) is 0 Å². The Hall–Kier alpha value is -0.940. The zero-order valence-corrected chi connectivity index (χ0v) is 11.7. The van der Waals surface area contributed by atoms with Gasteiger partial charge in [0.2, 0.25) is 0 Å². The van der Waals surface area contributed by atoms with Crippen LogP contribution in [0.5, 0.6) is 0 Å². The molecular formula is C12H20N2O2S. The minimum absolute atomic E-state index is 0.189. The summed E-state index contributed by atoms with van der Waals surface area (Å²) in [6.07, 6.45) is 1.26. The van der Waals surface area contributed by atoms with Gasteiger partial charge in [0.05, 0.1) is 11.4 Å². The molecule has 0 radical (unpaired) electrons. The van der Waals surface area contributed by atoms with Gasteiger partial charge in [-0.25, -0.2) is 8.42 Å². The van der Waals surface area contributed by atoms with Crippen LogP contribution in [0.3, 0.4) is 0 Å². The van der Waals surface area contributed by atoms with Crippen molar-refractivity contribution in [2.75, 3.05) is 25.6 Å². The lowest BCUT2D eigenvalue weighted by Crippen LogP contribution is -2.25. The van der Waals surface area contributed by atoms with E-state index in [4.69, 9.17) is 0 Å². The van der Waals surface area contributed by atoms with E-state index >= 15 is 0 Å². The number of sulfone groups is 1. The van der Waals surface area contributed by atoms with Gasteiger partial charge < -0.3 is 0 Å². The second kappa shape index (κ2) is 5.60. The second-order valence-electron chi connectivity index (χ2n) is 4.64. The van der Waals surface area contributed by atoms with Gasteiger partial charge in [0, 0.05) is 25.0 Å². The molecule has 0 atom stereocenters. The summed E-state index contributed by atoms with van der Waals surface area (Å²) in [4.78, 5) is 6.40. The van der Waals surface area contributed by atoms with E-state index in [0.29, 0.717) is 13.1 Å². The maximum absolute atomic E-state index is 11.1. The Balaban J connectivity index is 2.59. The Bertz CT molecular complexity index is 463. The molecule has 0 amide bonds. The molecule has 0 aliphatic heterocycles. The van der Waals surface area contributed by atoms with Gasteiger partial charge in [-0.2, -0.15) is 0 Å². The van der Waals surface area contributed by atoms with E-state index in [-0.39, 0.29) is 5.75 Å². The van der Waals surface area contributed by atoms with Gasteiger partial charge in [-0.1, -0.05) is 0 Å². The molecule has 0 saturated heterocycles. The summed E-state index contributed by atoms with van der Waals surface area (Å²) in [5, 5.41) is 0. The Morgan fingerprint density at radius 3 is 2.47 bits per heavy atom. The molecule has 1 heterocycles. The first-order valence-corrected chi connectivity index (χ1v) is 7.63. The van der Waals surface area contributed by atoms with E-state index in [1.165, 1.54) is 11.8 Å². The lowest BCUT2D eigenvalue weighted by atomic mass is 10.2. The van der Waals surface area contributed by atoms with Gasteiger partial charge >= 0.3 is 0 Å². The topological polar surface area (TPSA) is 50.3 Å². The van der Waals surface area contributed by atoms with E-state index < -0.39 is 9.84 Å². The summed E-state index contributed by atoms with van der Waals surface area (Å²) in [6.45, 7) is 5.22. The lowest BCUT2D eigenvalue weighted by molar-refractivity contribution is 0.341. The molecule has 0 unspecified atom stereocenters. The van der Waals surface area contributed by atoms with Crippen LogP contribution >= 0.6 is 0 Å². The molecule has 0 spiro atoms. The number of rotatable bonds is 5. The van der Waals surface area contributed by atoms with Crippen LogP contribution in [-0.4, -0.2) is 43.9 Å². The predicted octanol–water partition coefficient (Wildman–Crippen LogP) is 1.17. The third-order valence-electron chi connectivity index (χ3n) is 2.43. The molecule has 1 rings (SSSR count). The minimum atomic E-state index is -2.89. The summed E-state index contributed by atoms with van der Waals surface area (Å²) < 4.78 is 22.1. The van der Waals surface area contributed by atoms with Gasteiger partial charge in [0.15, 0.2) is 0 Å². The van der Waals surface area contributed by atoms with E-state index in [0.717, 1.165) is 11.4 Å². The molecule has 0 fully saturated rings. The Kier molecular flexibility index (Phi) is 4.65. The third-order valence-corrected chi connectivity index (χ3v) is 3.35. The van der Waals surface area contributed by atoms with Crippen LogP contribution in [0.15, 0.2) is 12.1 Å². The summed E-state index contributed by atoms with van der Waals surface area (Å²) in [5.74, 6) is 0.189. The van der Waals surface area contributed by atoms with E-state index in [1.54, 1.807) is 0 Å². The highest BCUT2D eigenvalue weighted by molar-refractivity contribution is 7.90. The smallest absolute Gasteiger partial charge is 0.148 e. The molecule has 0 aliphatic carbocycles. The molecule has 17 heavy (non-hydrogen) atoms. The number of aromatic nitrogens is 1. The summed E-state index contributed by atoms with van der Waals surface area (Å²) in [7, 11) is -0.983.